The first-order valence-corrected chi connectivity index (χ1v) is 3.00. The van der Waals surface area contributed by atoms with E-state index in [-0.39, 0.29) is 29.6 Å². The third kappa shape index (κ3) is 5.14. The minimum Gasteiger partial charge on any atom is -0.269 e. The number of halogens is 9. The lowest BCUT2D eigenvalue weighted by Crippen LogP contribution is -1.94. The summed E-state index contributed by atoms with van der Waals surface area (Å²) in [6.07, 6.45) is 0. The Morgan fingerprint density at radius 3 is 1.19 bits per heavy atom. The Morgan fingerprint density at radius 1 is 0.688 bits per heavy atom. The van der Waals surface area contributed by atoms with Gasteiger partial charge in [-0.2, -0.15) is 0 Å². The summed E-state index contributed by atoms with van der Waals surface area (Å²) in [5, 5.41) is 0. The number of hydrogen-bond donors (Lipinski definition) is 1. The van der Waals surface area contributed by atoms with Crippen LogP contribution in [-0.4, -0.2) is 0 Å². The van der Waals surface area contributed by atoms with E-state index in [1.165, 1.54) is 0 Å². The van der Waals surface area contributed by atoms with Gasteiger partial charge in [0.1, 0.15) is 0 Å². The van der Waals surface area contributed by atoms with Gasteiger partial charge in [-0.3, -0.25) is 23.5 Å². The Hall–Kier alpha value is -1.06. The van der Waals surface area contributed by atoms with E-state index in [2.05, 4.69) is 12.6 Å². The molecule has 1 aromatic carbocycles. The molecular formula is C6H7F9S. The summed E-state index contributed by atoms with van der Waals surface area (Å²) in [4.78, 5) is -0.942. The lowest BCUT2D eigenvalue weighted by atomic mass is 10.3. The van der Waals surface area contributed by atoms with E-state index in [1.807, 2.05) is 0 Å². The second-order valence-corrected chi connectivity index (χ2v) is 2.26. The first-order valence-electron chi connectivity index (χ1n) is 2.56. The zero-order chi connectivity index (χ0) is 8.59. The monoisotopic (exact) mass is 282 g/mol. The van der Waals surface area contributed by atoms with Gasteiger partial charge in [0.05, 0.1) is 4.90 Å². The minimum atomic E-state index is -1.48. The molecule has 100 valence electrons. The molecule has 0 aliphatic rings. The summed E-state index contributed by atoms with van der Waals surface area (Å²) in [7, 11) is 0. The average molecular weight is 282 g/mol. The molecule has 1 rings (SSSR count). The molecule has 0 aromatic heterocycles. The highest BCUT2D eigenvalue weighted by molar-refractivity contribution is 7.80. The third-order valence-electron chi connectivity index (χ3n) is 1.09. The second-order valence-electron chi connectivity index (χ2n) is 1.82. The van der Waals surface area contributed by atoms with Crippen LogP contribution in [0.3, 0.4) is 0 Å². The molecule has 0 aliphatic heterocycles. The zero-order valence-electron chi connectivity index (χ0n) is 7.08. The number of benzene rings is 1. The fourth-order valence-electron chi connectivity index (χ4n) is 0.561. The number of hydrogen-bond acceptors (Lipinski definition) is 1. The summed E-state index contributed by atoms with van der Waals surface area (Å²) in [5.74, 6) is -5.86. The fraction of sp³-hybridized carbons (Fsp3) is 0. The number of rotatable bonds is 0. The Bertz CT molecular complexity index is 276. The van der Waals surface area contributed by atoms with Gasteiger partial charge in [-0.05, 0) is 0 Å². The maximum absolute atomic E-state index is 12.3. The molecule has 0 heterocycles. The van der Waals surface area contributed by atoms with Gasteiger partial charge in [0.25, 0.3) is 0 Å². The molecule has 10 heteroatoms. The Morgan fingerprint density at radius 2 is 0.938 bits per heavy atom. The highest BCUT2D eigenvalue weighted by Gasteiger charge is 2.15. The van der Waals surface area contributed by atoms with Crippen molar-refractivity contribution in [3.8, 4) is 0 Å². The van der Waals surface area contributed by atoms with Gasteiger partial charge in [-0.1, -0.05) is 0 Å². The lowest BCUT2D eigenvalue weighted by molar-refractivity contribution is 0.426. The van der Waals surface area contributed by atoms with Crippen molar-refractivity contribution in [3.63, 3.8) is 0 Å². The van der Waals surface area contributed by atoms with Crippen LogP contribution in [0.1, 0.15) is 0 Å². The molecule has 0 fully saturated rings. The molecule has 16 heavy (non-hydrogen) atoms. The van der Waals surface area contributed by atoms with Crippen molar-refractivity contribution in [2.24, 2.45) is 0 Å². The maximum atomic E-state index is 12.3. The molecular weight excluding hydrogens is 275 g/mol. The predicted molar refractivity (Wildman–Crippen MR) is 46.0 cm³/mol. The van der Waals surface area contributed by atoms with E-state index >= 15 is 0 Å². The molecule has 1 aromatic rings. The normalized spacial score (nSPS) is 7.06. The third-order valence-corrected chi connectivity index (χ3v) is 1.48. The van der Waals surface area contributed by atoms with Gasteiger partial charge in [-0.25, -0.2) is 17.6 Å². The van der Waals surface area contributed by atoms with Gasteiger partial charge in [0, 0.05) is 6.07 Å². The summed E-state index contributed by atoms with van der Waals surface area (Å²) in [6, 6.07) is 0.129. The van der Waals surface area contributed by atoms with Crippen LogP contribution in [0.25, 0.3) is 0 Å². The predicted octanol–water partition coefficient (Wildman–Crippen LogP) is 3.29. The molecule has 0 atom stereocenters. The summed E-state index contributed by atoms with van der Waals surface area (Å²) >= 11 is 3.22. The van der Waals surface area contributed by atoms with Crippen LogP contribution in [0.15, 0.2) is 11.0 Å². The van der Waals surface area contributed by atoms with Crippen LogP contribution in [0.5, 0.6) is 0 Å². The first-order chi connectivity index (χ1) is 5.04. The maximum Gasteiger partial charge on any atom is 0.175 e. The van der Waals surface area contributed by atoms with Crippen LogP contribution < -0.4 is 0 Å². The highest BCUT2D eigenvalue weighted by Crippen LogP contribution is 2.21. The molecule has 0 amide bonds. The summed E-state index contributed by atoms with van der Waals surface area (Å²) < 4.78 is 49.0. The minimum absolute atomic E-state index is 0. The standard InChI is InChI=1S/C6H2F4S.5FH/c7-2-1-3(8)5(10)6(11)4(2)9;;;;;/h1,11H;5*1H. The van der Waals surface area contributed by atoms with Crippen molar-refractivity contribution in [1.82, 2.24) is 0 Å². The van der Waals surface area contributed by atoms with E-state index in [9.17, 15) is 17.6 Å². The van der Waals surface area contributed by atoms with Crippen LogP contribution in [0.4, 0.5) is 41.1 Å². The van der Waals surface area contributed by atoms with Crippen LogP contribution in [0.2, 0.25) is 0 Å². The molecule has 0 nitrogen and oxygen atoms in total. The van der Waals surface area contributed by atoms with Crippen molar-refractivity contribution in [2.75, 3.05) is 0 Å². The molecule has 0 N–H and O–H groups in total. The van der Waals surface area contributed by atoms with Crippen LogP contribution in [-0.2, 0) is 0 Å². The van der Waals surface area contributed by atoms with Gasteiger partial charge in [0.15, 0.2) is 23.3 Å². The molecule has 0 radical (unpaired) electrons. The first kappa shape index (κ1) is 29.4. The van der Waals surface area contributed by atoms with E-state index in [1.54, 1.807) is 0 Å². The smallest absolute Gasteiger partial charge is 0.175 e. The molecule has 0 aliphatic carbocycles. The largest absolute Gasteiger partial charge is 0.269 e. The van der Waals surface area contributed by atoms with Crippen molar-refractivity contribution < 1.29 is 41.1 Å². The Kier molecular flexibility index (Phi) is 19.2. The SMILES string of the molecule is F.F.F.F.F.Fc1cc(F)c(F)c(S)c1F. The van der Waals surface area contributed by atoms with Crippen LogP contribution >= 0.6 is 12.6 Å². The van der Waals surface area contributed by atoms with Crippen molar-refractivity contribution in [3.05, 3.63) is 29.3 Å². The summed E-state index contributed by atoms with van der Waals surface area (Å²) in [5.41, 5.74) is 0. The van der Waals surface area contributed by atoms with Crippen molar-refractivity contribution >= 4 is 12.6 Å². The van der Waals surface area contributed by atoms with Crippen LogP contribution in [0, 0.1) is 23.3 Å². The van der Waals surface area contributed by atoms with E-state index < -0.39 is 28.2 Å². The van der Waals surface area contributed by atoms with Gasteiger partial charge in [0.2, 0.25) is 0 Å². The van der Waals surface area contributed by atoms with E-state index in [0.717, 1.165) is 0 Å². The highest BCUT2D eigenvalue weighted by atomic mass is 32.1. The molecule has 0 spiro atoms. The fourth-order valence-corrected chi connectivity index (χ4v) is 0.774. The topological polar surface area (TPSA) is 0 Å². The van der Waals surface area contributed by atoms with E-state index in [0.29, 0.717) is 0 Å². The molecule has 0 saturated heterocycles. The van der Waals surface area contributed by atoms with Gasteiger partial charge < -0.3 is 0 Å². The number of thiol groups is 1. The quantitative estimate of drug-likeness (QED) is 0.421. The van der Waals surface area contributed by atoms with E-state index in [4.69, 9.17) is 0 Å². The zero-order valence-corrected chi connectivity index (χ0v) is 7.97. The van der Waals surface area contributed by atoms with Gasteiger partial charge in [-0.15, -0.1) is 12.6 Å². The van der Waals surface area contributed by atoms with Gasteiger partial charge >= 0.3 is 0 Å². The molecule has 0 unspecified atom stereocenters. The average Bonchev–Trinajstić information content (AvgIpc) is 1.97. The summed E-state index contributed by atoms with van der Waals surface area (Å²) in [6.45, 7) is 0. The Labute approximate surface area is 88.9 Å². The molecule has 0 saturated carbocycles. The Balaban J connectivity index is -0.0000000807. The van der Waals surface area contributed by atoms with Crippen molar-refractivity contribution in [2.45, 2.75) is 4.90 Å². The van der Waals surface area contributed by atoms with Crippen molar-refractivity contribution in [1.29, 1.82) is 0 Å². The lowest BCUT2D eigenvalue weighted by Gasteiger charge is -1.98. The second kappa shape index (κ2) is 10.5. The molecule has 0 bridgehead atoms.